The summed E-state index contributed by atoms with van der Waals surface area (Å²) in [6.07, 6.45) is 0. The lowest BCUT2D eigenvalue weighted by atomic mass is 9.96. The number of benzene rings is 1. The van der Waals surface area contributed by atoms with Crippen LogP contribution >= 0.6 is 11.3 Å². The molecule has 2 aromatic rings. The maximum absolute atomic E-state index is 6.02. The fourth-order valence-corrected chi connectivity index (χ4v) is 2.60. The maximum atomic E-state index is 6.02. The van der Waals surface area contributed by atoms with Crippen molar-refractivity contribution >= 4 is 16.3 Å². The molecule has 0 unspecified atom stereocenters. The second-order valence-electron chi connectivity index (χ2n) is 4.67. The molecule has 2 rings (SSSR count). The summed E-state index contributed by atoms with van der Waals surface area (Å²) in [5.74, 6) is 0.523. The van der Waals surface area contributed by atoms with Crippen LogP contribution in [0.2, 0.25) is 0 Å². The summed E-state index contributed by atoms with van der Waals surface area (Å²) in [7, 11) is 0. The molecule has 0 atom stereocenters. The average molecular weight is 246 g/mol. The monoisotopic (exact) mass is 246 g/mol. The van der Waals surface area contributed by atoms with E-state index in [1.807, 2.05) is 6.92 Å². The molecular formula is C14H18N2S. The van der Waals surface area contributed by atoms with E-state index in [0.29, 0.717) is 5.92 Å². The van der Waals surface area contributed by atoms with E-state index >= 15 is 0 Å². The van der Waals surface area contributed by atoms with Crippen LogP contribution in [-0.4, -0.2) is 4.98 Å². The molecule has 1 heterocycles. The molecule has 0 fully saturated rings. The summed E-state index contributed by atoms with van der Waals surface area (Å²) in [4.78, 5) is 4.54. The summed E-state index contributed by atoms with van der Waals surface area (Å²) >= 11 is 1.55. The Morgan fingerprint density at radius 2 is 1.94 bits per heavy atom. The predicted octanol–water partition coefficient (Wildman–Crippen LogP) is 4.13. The van der Waals surface area contributed by atoms with Crippen LogP contribution in [0.4, 0.5) is 5.00 Å². The lowest BCUT2D eigenvalue weighted by Gasteiger charge is -2.10. The normalized spacial score (nSPS) is 11.1. The van der Waals surface area contributed by atoms with Crippen LogP contribution in [0.15, 0.2) is 18.2 Å². The van der Waals surface area contributed by atoms with Crippen LogP contribution in [0, 0.1) is 13.8 Å². The Kier molecular flexibility index (Phi) is 3.20. The van der Waals surface area contributed by atoms with Gasteiger partial charge in [0, 0.05) is 5.56 Å². The highest BCUT2D eigenvalue weighted by atomic mass is 32.1. The summed E-state index contributed by atoms with van der Waals surface area (Å²) < 4.78 is 0. The van der Waals surface area contributed by atoms with E-state index in [4.69, 9.17) is 5.73 Å². The van der Waals surface area contributed by atoms with Gasteiger partial charge in [-0.15, -0.1) is 11.3 Å². The zero-order valence-electron chi connectivity index (χ0n) is 10.7. The number of nitrogens with two attached hydrogens (primary N) is 1. The number of nitrogens with zero attached hydrogens (tertiary/aromatic N) is 1. The van der Waals surface area contributed by atoms with Gasteiger partial charge in [0.25, 0.3) is 0 Å². The van der Waals surface area contributed by atoms with Crippen LogP contribution in [0.25, 0.3) is 11.3 Å². The topological polar surface area (TPSA) is 38.9 Å². The number of thiazole rings is 1. The van der Waals surface area contributed by atoms with E-state index in [1.165, 1.54) is 11.1 Å². The third-order valence-electron chi connectivity index (χ3n) is 2.94. The smallest absolute Gasteiger partial charge is 0.114 e. The van der Waals surface area contributed by atoms with Gasteiger partial charge in [-0.05, 0) is 37.0 Å². The van der Waals surface area contributed by atoms with Gasteiger partial charge in [-0.3, -0.25) is 0 Å². The zero-order chi connectivity index (χ0) is 12.6. The van der Waals surface area contributed by atoms with E-state index in [9.17, 15) is 0 Å². The third kappa shape index (κ3) is 2.34. The first-order valence-electron chi connectivity index (χ1n) is 5.83. The van der Waals surface area contributed by atoms with Gasteiger partial charge in [0.05, 0.1) is 5.01 Å². The molecule has 0 radical (unpaired) electrons. The molecule has 0 amide bonds. The van der Waals surface area contributed by atoms with E-state index in [1.54, 1.807) is 11.3 Å². The van der Waals surface area contributed by atoms with Crippen molar-refractivity contribution in [1.29, 1.82) is 0 Å². The fourth-order valence-electron chi connectivity index (χ4n) is 1.89. The predicted molar refractivity (Wildman–Crippen MR) is 75.5 cm³/mol. The van der Waals surface area contributed by atoms with Crippen LogP contribution in [0.1, 0.15) is 35.9 Å². The molecule has 3 heteroatoms. The number of hydrogen-bond donors (Lipinski definition) is 1. The van der Waals surface area contributed by atoms with Crippen LogP contribution in [0.3, 0.4) is 0 Å². The molecule has 0 bridgehead atoms. The van der Waals surface area contributed by atoms with Gasteiger partial charge in [0.2, 0.25) is 0 Å². The molecule has 2 nitrogen and oxygen atoms in total. The average Bonchev–Trinajstić information content (AvgIpc) is 2.58. The van der Waals surface area contributed by atoms with Crippen molar-refractivity contribution in [1.82, 2.24) is 4.98 Å². The Balaban J connectivity index is 2.58. The molecule has 1 aromatic heterocycles. The molecule has 17 heavy (non-hydrogen) atoms. The number of anilines is 1. The van der Waals surface area contributed by atoms with Crippen molar-refractivity contribution in [3.8, 4) is 11.3 Å². The second kappa shape index (κ2) is 4.49. The Morgan fingerprint density at radius 1 is 1.24 bits per heavy atom. The standard InChI is InChI=1S/C14H18N2S/c1-8(2)11-6-5-9(3)12(7-11)13-14(15)17-10(4)16-13/h5-8H,15H2,1-4H3. The number of aryl methyl sites for hydroxylation is 2. The van der Waals surface area contributed by atoms with Crippen LogP contribution < -0.4 is 5.73 Å². The summed E-state index contributed by atoms with van der Waals surface area (Å²) in [5, 5.41) is 1.83. The third-order valence-corrected chi connectivity index (χ3v) is 3.74. The maximum Gasteiger partial charge on any atom is 0.114 e. The van der Waals surface area contributed by atoms with Crippen molar-refractivity contribution in [2.24, 2.45) is 0 Å². The van der Waals surface area contributed by atoms with Crippen molar-refractivity contribution in [2.45, 2.75) is 33.6 Å². The number of hydrogen-bond acceptors (Lipinski definition) is 3. The number of rotatable bonds is 2. The molecule has 0 aliphatic carbocycles. The van der Waals surface area contributed by atoms with E-state index in [-0.39, 0.29) is 0 Å². The SMILES string of the molecule is Cc1nc(-c2cc(C(C)C)ccc2C)c(N)s1. The molecule has 0 saturated carbocycles. The molecule has 90 valence electrons. The van der Waals surface area contributed by atoms with Gasteiger partial charge in [0.15, 0.2) is 0 Å². The Hall–Kier alpha value is -1.35. The van der Waals surface area contributed by atoms with Crippen LogP contribution in [-0.2, 0) is 0 Å². The van der Waals surface area contributed by atoms with Gasteiger partial charge in [-0.2, -0.15) is 0 Å². The minimum absolute atomic E-state index is 0.523. The van der Waals surface area contributed by atoms with Gasteiger partial charge in [-0.1, -0.05) is 26.0 Å². The summed E-state index contributed by atoms with van der Waals surface area (Å²) in [6.45, 7) is 8.49. The van der Waals surface area contributed by atoms with Crippen molar-refractivity contribution in [2.75, 3.05) is 5.73 Å². The molecule has 0 aliphatic heterocycles. The van der Waals surface area contributed by atoms with Gasteiger partial charge in [-0.25, -0.2) is 4.98 Å². The molecule has 1 aromatic carbocycles. The lowest BCUT2D eigenvalue weighted by Crippen LogP contribution is -1.93. The van der Waals surface area contributed by atoms with E-state index < -0.39 is 0 Å². The largest absolute Gasteiger partial charge is 0.389 e. The van der Waals surface area contributed by atoms with Crippen molar-refractivity contribution in [3.05, 3.63) is 34.3 Å². The number of nitrogen functional groups attached to an aromatic ring is 1. The molecule has 2 N–H and O–H groups in total. The van der Waals surface area contributed by atoms with Gasteiger partial charge >= 0.3 is 0 Å². The minimum atomic E-state index is 0.523. The Labute approximate surface area is 107 Å². The van der Waals surface area contributed by atoms with Crippen LogP contribution in [0.5, 0.6) is 0 Å². The summed E-state index contributed by atoms with van der Waals surface area (Å²) in [6, 6.07) is 6.54. The molecule has 0 aliphatic rings. The lowest BCUT2D eigenvalue weighted by molar-refractivity contribution is 0.866. The Bertz CT molecular complexity index is 541. The van der Waals surface area contributed by atoms with E-state index in [2.05, 4.69) is 44.0 Å². The second-order valence-corrected chi connectivity index (χ2v) is 5.91. The summed E-state index contributed by atoms with van der Waals surface area (Å²) in [5.41, 5.74) is 10.7. The number of aromatic nitrogens is 1. The van der Waals surface area contributed by atoms with Gasteiger partial charge in [0.1, 0.15) is 10.7 Å². The zero-order valence-corrected chi connectivity index (χ0v) is 11.6. The first-order chi connectivity index (χ1) is 7.99. The molecule has 0 spiro atoms. The van der Waals surface area contributed by atoms with E-state index in [0.717, 1.165) is 21.3 Å². The highest BCUT2D eigenvalue weighted by Gasteiger charge is 2.12. The van der Waals surface area contributed by atoms with Crippen molar-refractivity contribution < 1.29 is 0 Å². The molecular weight excluding hydrogens is 228 g/mol. The van der Waals surface area contributed by atoms with Crippen molar-refractivity contribution in [3.63, 3.8) is 0 Å². The minimum Gasteiger partial charge on any atom is -0.389 e. The first-order valence-corrected chi connectivity index (χ1v) is 6.64. The molecule has 0 saturated heterocycles. The quantitative estimate of drug-likeness (QED) is 0.865. The fraction of sp³-hybridized carbons (Fsp3) is 0.357. The Morgan fingerprint density at radius 3 is 2.47 bits per heavy atom. The van der Waals surface area contributed by atoms with Gasteiger partial charge < -0.3 is 5.73 Å². The first kappa shape index (κ1) is 12.1. The highest BCUT2D eigenvalue weighted by Crippen LogP contribution is 2.33. The highest BCUT2D eigenvalue weighted by molar-refractivity contribution is 7.16.